The predicted octanol–water partition coefficient (Wildman–Crippen LogP) is 1.41. The van der Waals surface area contributed by atoms with Crippen molar-refractivity contribution in [1.29, 1.82) is 0 Å². The summed E-state index contributed by atoms with van der Waals surface area (Å²) in [6.45, 7) is 4.19. The highest BCUT2D eigenvalue weighted by molar-refractivity contribution is 4.68. The number of hydrogen-bond donors (Lipinski definition) is 1. The SMILES string of the molecule is CNC(C)CC1CCOCC1. The summed E-state index contributed by atoms with van der Waals surface area (Å²) in [7, 11) is 2.03. The van der Waals surface area contributed by atoms with Gasteiger partial charge in [0.2, 0.25) is 0 Å². The molecule has 0 amide bonds. The monoisotopic (exact) mass is 157 g/mol. The first-order chi connectivity index (χ1) is 5.33. The van der Waals surface area contributed by atoms with Crippen molar-refractivity contribution in [3.05, 3.63) is 0 Å². The van der Waals surface area contributed by atoms with Crippen LogP contribution in [-0.2, 0) is 4.74 Å². The molecule has 11 heavy (non-hydrogen) atoms. The van der Waals surface area contributed by atoms with Gasteiger partial charge in [0.05, 0.1) is 0 Å². The van der Waals surface area contributed by atoms with E-state index >= 15 is 0 Å². The normalized spacial score (nSPS) is 23.5. The van der Waals surface area contributed by atoms with E-state index in [-0.39, 0.29) is 0 Å². The van der Waals surface area contributed by atoms with E-state index in [9.17, 15) is 0 Å². The summed E-state index contributed by atoms with van der Waals surface area (Å²) < 4.78 is 5.29. The van der Waals surface area contributed by atoms with E-state index < -0.39 is 0 Å². The predicted molar refractivity (Wildman–Crippen MR) is 46.7 cm³/mol. The Balaban J connectivity index is 2.13. The summed E-state index contributed by atoms with van der Waals surface area (Å²) in [6.07, 6.45) is 3.82. The van der Waals surface area contributed by atoms with Crippen molar-refractivity contribution in [2.75, 3.05) is 20.3 Å². The second-order valence-corrected chi connectivity index (χ2v) is 3.48. The van der Waals surface area contributed by atoms with Crippen LogP contribution in [0.4, 0.5) is 0 Å². The van der Waals surface area contributed by atoms with Crippen LogP contribution in [0.15, 0.2) is 0 Å². The smallest absolute Gasteiger partial charge is 0.0468 e. The van der Waals surface area contributed by atoms with Crippen LogP contribution in [0.3, 0.4) is 0 Å². The first kappa shape index (κ1) is 9.01. The Hall–Kier alpha value is -0.0800. The molecule has 0 saturated carbocycles. The standard InChI is InChI=1S/C9H19NO/c1-8(10-2)7-9-3-5-11-6-4-9/h8-10H,3-7H2,1-2H3. The number of rotatable bonds is 3. The Morgan fingerprint density at radius 2 is 2.09 bits per heavy atom. The number of nitrogens with one attached hydrogen (secondary N) is 1. The lowest BCUT2D eigenvalue weighted by Gasteiger charge is -2.24. The van der Waals surface area contributed by atoms with Crippen LogP contribution in [0, 0.1) is 5.92 Å². The maximum atomic E-state index is 5.29. The fourth-order valence-corrected chi connectivity index (χ4v) is 1.60. The summed E-state index contributed by atoms with van der Waals surface area (Å²) in [5.74, 6) is 0.895. The Kier molecular flexibility index (Phi) is 3.87. The Labute approximate surface area is 69.3 Å². The van der Waals surface area contributed by atoms with Gasteiger partial charge in [-0.25, -0.2) is 0 Å². The molecular weight excluding hydrogens is 138 g/mol. The maximum Gasteiger partial charge on any atom is 0.0468 e. The van der Waals surface area contributed by atoms with Crippen LogP contribution in [-0.4, -0.2) is 26.3 Å². The molecule has 0 aromatic heterocycles. The quantitative estimate of drug-likeness (QED) is 0.669. The molecule has 0 radical (unpaired) electrons. The van der Waals surface area contributed by atoms with Gasteiger partial charge in [-0.05, 0) is 39.2 Å². The van der Waals surface area contributed by atoms with E-state index in [1.807, 2.05) is 7.05 Å². The highest BCUT2D eigenvalue weighted by Crippen LogP contribution is 2.19. The zero-order valence-corrected chi connectivity index (χ0v) is 7.60. The molecule has 2 heteroatoms. The molecule has 2 nitrogen and oxygen atoms in total. The Bertz CT molecular complexity index is 99.7. The van der Waals surface area contributed by atoms with Crippen LogP contribution in [0.25, 0.3) is 0 Å². The first-order valence-electron chi connectivity index (χ1n) is 4.58. The topological polar surface area (TPSA) is 21.3 Å². The van der Waals surface area contributed by atoms with Crippen molar-refractivity contribution in [1.82, 2.24) is 5.32 Å². The fourth-order valence-electron chi connectivity index (χ4n) is 1.60. The molecule has 0 bridgehead atoms. The van der Waals surface area contributed by atoms with Gasteiger partial charge < -0.3 is 10.1 Å². The van der Waals surface area contributed by atoms with Crippen molar-refractivity contribution in [3.63, 3.8) is 0 Å². The van der Waals surface area contributed by atoms with E-state index in [1.165, 1.54) is 19.3 Å². The van der Waals surface area contributed by atoms with Crippen LogP contribution in [0.2, 0.25) is 0 Å². The summed E-state index contributed by atoms with van der Waals surface area (Å²) in [6, 6.07) is 0.665. The van der Waals surface area contributed by atoms with Gasteiger partial charge in [-0.15, -0.1) is 0 Å². The third kappa shape index (κ3) is 3.21. The van der Waals surface area contributed by atoms with Gasteiger partial charge >= 0.3 is 0 Å². The van der Waals surface area contributed by atoms with Gasteiger partial charge in [0, 0.05) is 19.3 Å². The first-order valence-corrected chi connectivity index (χ1v) is 4.58. The van der Waals surface area contributed by atoms with Crippen molar-refractivity contribution < 1.29 is 4.74 Å². The molecule has 1 unspecified atom stereocenters. The molecule has 1 fully saturated rings. The van der Waals surface area contributed by atoms with Gasteiger partial charge in [-0.1, -0.05) is 0 Å². The average molecular weight is 157 g/mol. The molecule has 0 spiro atoms. The lowest BCUT2D eigenvalue weighted by atomic mass is 9.93. The summed E-state index contributed by atoms with van der Waals surface area (Å²) >= 11 is 0. The third-order valence-corrected chi connectivity index (χ3v) is 2.52. The lowest BCUT2D eigenvalue weighted by molar-refractivity contribution is 0.0614. The molecule has 66 valence electrons. The molecule has 1 aliphatic heterocycles. The van der Waals surface area contributed by atoms with Crippen molar-refractivity contribution in [2.45, 2.75) is 32.2 Å². The Morgan fingerprint density at radius 1 is 1.45 bits per heavy atom. The molecule has 1 aliphatic rings. The largest absolute Gasteiger partial charge is 0.381 e. The summed E-state index contributed by atoms with van der Waals surface area (Å²) in [5, 5.41) is 3.27. The Morgan fingerprint density at radius 3 is 2.64 bits per heavy atom. The molecule has 1 saturated heterocycles. The van der Waals surface area contributed by atoms with Crippen LogP contribution in [0.5, 0.6) is 0 Å². The van der Waals surface area contributed by atoms with E-state index in [0.29, 0.717) is 6.04 Å². The van der Waals surface area contributed by atoms with Crippen molar-refractivity contribution in [2.24, 2.45) is 5.92 Å². The molecule has 1 atom stereocenters. The molecule has 1 N–H and O–H groups in total. The van der Waals surface area contributed by atoms with E-state index in [4.69, 9.17) is 4.74 Å². The van der Waals surface area contributed by atoms with Gasteiger partial charge in [0.1, 0.15) is 0 Å². The highest BCUT2D eigenvalue weighted by Gasteiger charge is 2.15. The maximum absolute atomic E-state index is 5.29. The van der Waals surface area contributed by atoms with Crippen LogP contribution in [0.1, 0.15) is 26.2 Å². The summed E-state index contributed by atoms with van der Waals surface area (Å²) in [5.41, 5.74) is 0. The molecule has 0 aromatic carbocycles. The van der Waals surface area contributed by atoms with Crippen LogP contribution < -0.4 is 5.32 Å². The van der Waals surface area contributed by atoms with Gasteiger partial charge in [0.15, 0.2) is 0 Å². The average Bonchev–Trinajstić information content (AvgIpc) is 2.06. The molecule has 1 heterocycles. The highest BCUT2D eigenvalue weighted by atomic mass is 16.5. The summed E-state index contributed by atoms with van der Waals surface area (Å²) in [4.78, 5) is 0. The van der Waals surface area contributed by atoms with Crippen molar-refractivity contribution >= 4 is 0 Å². The minimum atomic E-state index is 0.665. The van der Waals surface area contributed by atoms with Crippen LogP contribution >= 0.6 is 0 Å². The van der Waals surface area contributed by atoms with E-state index in [1.54, 1.807) is 0 Å². The number of hydrogen-bond acceptors (Lipinski definition) is 2. The number of ether oxygens (including phenoxy) is 1. The molecule has 0 aromatic rings. The fraction of sp³-hybridized carbons (Fsp3) is 1.00. The minimum absolute atomic E-state index is 0.665. The zero-order valence-electron chi connectivity index (χ0n) is 7.60. The molecule has 0 aliphatic carbocycles. The van der Waals surface area contributed by atoms with Gasteiger partial charge in [-0.3, -0.25) is 0 Å². The zero-order chi connectivity index (χ0) is 8.10. The lowest BCUT2D eigenvalue weighted by Crippen LogP contribution is -2.27. The second-order valence-electron chi connectivity index (χ2n) is 3.48. The van der Waals surface area contributed by atoms with E-state index in [2.05, 4.69) is 12.2 Å². The minimum Gasteiger partial charge on any atom is -0.381 e. The molecule has 1 rings (SSSR count). The van der Waals surface area contributed by atoms with Gasteiger partial charge in [0.25, 0.3) is 0 Å². The van der Waals surface area contributed by atoms with Gasteiger partial charge in [-0.2, -0.15) is 0 Å². The van der Waals surface area contributed by atoms with E-state index in [0.717, 1.165) is 19.1 Å². The second kappa shape index (κ2) is 4.73. The third-order valence-electron chi connectivity index (χ3n) is 2.52. The van der Waals surface area contributed by atoms with Crippen molar-refractivity contribution in [3.8, 4) is 0 Å². The molecular formula is C9H19NO.